The third-order valence-corrected chi connectivity index (χ3v) is 4.27. The van der Waals surface area contributed by atoms with Crippen molar-refractivity contribution in [3.05, 3.63) is 52.8 Å². The first-order valence-electron chi connectivity index (χ1n) is 5.61. The van der Waals surface area contributed by atoms with Gasteiger partial charge in [0.05, 0.1) is 16.9 Å². The minimum absolute atomic E-state index is 0.00587. The van der Waals surface area contributed by atoms with Gasteiger partial charge in [-0.15, -0.1) is 0 Å². The molecule has 2 rings (SSSR count). The number of rotatable bonds is 3. The van der Waals surface area contributed by atoms with E-state index in [0.717, 1.165) is 18.2 Å². The van der Waals surface area contributed by atoms with E-state index >= 15 is 0 Å². The molecule has 0 saturated carbocycles. The summed E-state index contributed by atoms with van der Waals surface area (Å²) in [6.45, 7) is 0. The van der Waals surface area contributed by atoms with Crippen LogP contribution in [0.3, 0.4) is 0 Å². The number of hydrogen-bond donors (Lipinski definition) is 2. The fourth-order valence-electron chi connectivity index (χ4n) is 1.64. The van der Waals surface area contributed by atoms with Gasteiger partial charge in [-0.25, -0.2) is 12.8 Å². The zero-order chi connectivity index (χ0) is 15.6. The normalized spacial score (nSPS) is 10.9. The molecular weight excluding hydrogens is 317 g/mol. The van der Waals surface area contributed by atoms with Gasteiger partial charge in [0, 0.05) is 5.02 Å². The Kier molecular flexibility index (Phi) is 4.02. The molecule has 0 unspecified atom stereocenters. The second kappa shape index (κ2) is 5.60. The molecule has 0 aliphatic rings. The van der Waals surface area contributed by atoms with Crippen molar-refractivity contribution < 1.29 is 12.8 Å². The SMILES string of the molecule is N#Cc1ccc(Cl)cc1NS(=O)(=O)c1cc(F)ccc1N. The Bertz CT molecular complexity index is 847. The van der Waals surface area contributed by atoms with Crippen molar-refractivity contribution in [3.8, 4) is 6.07 Å². The summed E-state index contributed by atoms with van der Waals surface area (Å²) in [6.07, 6.45) is 0. The fraction of sp³-hybridized carbons (Fsp3) is 0. The van der Waals surface area contributed by atoms with Crippen molar-refractivity contribution in [2.24, 2.45) is 0 Å². The summed E-state index contributed by atoms with van der Waals surface area (Å²) in [4.78, 5) is -0.411. The van der Waals surface area contributed by atoms with Crippen LogP contribution in [-0.4, -0.2) is 8.42 Å². The molecule has 2 aromatic rings. The minimum atomic E-state index is -4.14. The van der Waals surface area contributed by atoms with E-state index in [-0.39, 0.29) is 22.0 Å². The Morgan fingerprint density at radius 1 is 1.24 bits per heavy atom. The number of halogens is 2. The Morgan fingerprint density at radius 3 is 2.62 bits per heavy atom. The number of nitrogens with one attached hydrogen (secondary N) is 1. The number of benzene rings is 2. The van der Waals surface area contributed by atoms with Crippen molar-refractivity contribution in [1.82, 2.24) is 0 Å². The molecule has 8 heteroatoms. The molecule has 0 bridgehead atoms. The standard InChI is InChI=1S/C13H9ClFN3O2S/c14-9-2-1-8(7-16)12(5-9)18-21(19,20)13-6-10(15)3-4-11(13)17/h1-6,18H,17H2. The summed E-state index contributed by atoms with van der Waals surface area (Å²) in [5, 5.41) is 9.21. The lowest BCUT2D eigenvalue weighted by molar-refractivity contribution is 0.596. The fourth-order valence-corrected chi connectivity index (χ4v) is 3.03. The predicted molar refractivity (Wildman–Crippen MR) is 77.8 cm³/mol. The van der Waals surface area contributed by atoms with Crippen LogP contribution in [0, 0.1) is 17.1 Å². The molecule has 108 valence electrons. The number of anilines is 2. The lowest BCUT2D eigenvalue weighted by Crippen LogP contribution is -2.16. The Labute approximate surface area is 125 Å². The lowest BCUT2D eigenvalue weighted by atomic mass is 10.2. The third-order valence-electron chi connectivity index (χ3n) is 2.61. The molecule has 21 heavy (non-hydrogen) atoms. The van der Waals surface area contributed by atoms with E-state index in [2.05, 4.69) is 4.72 Å². The van der Waals surface area contributed by atoms with Gasteiger partial charge in [-0.1, -0.05) is 11.6 Å². The van der Waals surface area contributed by atoms with E-state index in [4.69, 9.17) is 22.6 Å². The molecule has 0 heterocycles. The molecule has 0 fully saturated rings. The van der Waals surface area contributed by atoms with Crippen LogP contribution in [0.25, 0.3) is 0 Å². The first kappa shape index (κ1) is 15.1. The molecule has 0 spiro atoms. The van der Waals surface area contributed by atoms with Crippen molar-refractivity contribution in [3.63, 3.8) is 0 Å². The molecule has 0 amide bonds. The highest BCUT2D eigenvalue weighted by Crippen LogP contribution is 2.26. The van der Waals surface area contributed by atoms with Gasteiger partial charge in [-0.3, -0.25) is 4.72 Å². The second-order valence-electron chi connectivity index (χ2n) is 4.09. The van der Waals surface area contributed by atoms with Gasteiger partial charge in [-0.05, 0) is 36.4 Å². The van der Waals surface area contributed by atoms with E-state index in [1.54, 1.807) is 0 Å². The topological polar surface area (TPSA) is 96.0 Å². The van der Waals surface area contributed by atoms with Crippen LogP contribution in [0.1, 0.15) is 5.56 Å². The van der Waals surface area contributed by atoms with E-state index in [0.29, 0.717) is 0 Å². The average Bonchev–Trinajstić information content (AvgIpc) is 2.41. The summed E-state index contributed by atoms with van der Waals surface area (Å²) < 4.78 is 39.9. The van der Waals surface area contributed by atoms with Crippen LogP contribution in [0.2, 0.25) is 5.02 Å². The van der Waals surface area contributed by atoms with Crippen LogP contribution < -0.4 is 10.5 Å². The van der Waals surface area contributed by atoms with Crippen LogP contribution in [0.4, 0.5) is 15.8 Å². The number of nitrogen functional groups attached to an aromatic ring is 1. The first-order valence-corrected chi connectivity index (χ1v) is 7.47. The number of nitrogens with two attached hydrogens (primary N) is 1. The minimum Gasteiger partial charge on any atom is -0.398 e. The molecule has 3 N–H and O–H groups in total. The molecule has 2 aromatic carbocycles. The van der Waals surface area contributed by atoms with Crippen molar-refractivity contribution in [2.75, 3.05) is 10.5 Å². The summed E-state index contributed by atoms with van der Waals surface area (Å²) in [5.74, 6) is -0.740. The largest absolute Gasteiger partial charge is 0.398 e. The quantitative estimate of drug-likeness (QED) is 0.848. The van der Waals surface area contributed by atoms with Gasteiger partial charge in [-0.2, -0.15) is 5.26 Å². The van der Waals surface area contributed by atoms with Gasteiger partial charge in [0.1, 0.15) is 16.8 Å². The Hall–Kier alpha value is -2.30. The second-order valence-corrected chi connectivity index (χ2v) is 6.18. The summed E-state index contributed by atoms with van der Waals surface area (Å²) >= 11 is 5.78. The van der Waals surface area contributed by atoms with Gasteiger partial charge >= 0.3 is 0 Å². The Morgan fingerprint density at radius 2 is 1.95 bits per heavy atom. The van der Waals surface area contributed by atoms with Crippen molar-refractivity contribution in [2.45, 2.75) is 4.90 Å². The molecule has 0 aliphatic carbocycles. The van der Waals surface area contributed by atoms with Crippen molar-refractivity contribution >= 4 is 33.0 Å². The molecule has 0 atom stereocenters. The number of nitriles is 1. The maximum Gasteiger partial charge on any atom is 0.264 e. The molecule has 0 aromatic heterocycles. The number of sulfonamides is 1. The van der Waals surface area contributed by atoms with Gasteiger partial charge in [0.2, 0.25) is 0 Å². The van der Waals surface area contributed by atoms with E-state index in [9.17, 15) is 12.8 Å². The average molecular weight is 326 g/mol. The van der Waals surface area contributed by atoms with E-state index in [1.807, 2.05) is 6.07 Å². The maximum atomic E-state index is 13.2. The summed E-state index contributed by atoms with van der Waals surface area (Å²) in [5.41, 5.74) is 5.52. The summed E-state index contributed by atoms with van der Waals surface area (Å²) in [7, 11) is -4.14. The third kappa shape index (κ3) is 3.24. The van der Waals surface area contributed by atoms with Crippen molar-refractivity contribution in [1.29, 1.82) is 5.26 Å². The van der Waals surface area contributed by atoms with Gasteiger partial charge < -0.3 is 5.73 Å². The van der Waals surface area contributed by atoms with Crippen LogP contribution >= 0.6 is 11.6 Å². The highest BCUT2D eigenvalue weighted by molar-refractivity contribution is 7.92. The molecular formula is C13H9ClFN3O2S. The van der Waals surface area contributed by atoms with Crippen LogP contribution in [-0.2, 0) is 10.0 Å². The smallest absolute Gasteiger partial charge is 0.264 e. The van der Waals surface area contributed by atoms with E-state index < -0.39 is 20.7 Å². The molecule has 5 nitrogen and oxygen atoms in total. The summed E-state index contributed by atoms with van der Waals surface area (Å²) in [6, 6.07) is 8.94. The highest BCUT2D eigenvalue weighted by atomic mass is 35.5. The van der Waals surface area contributed by atoms with Gasteiger partial charge in [0.25, 0.3) is 10.0 Å². The number of hydrogen-bond acceptors (Lipinski definition) is 4. The molecule has 0 radical (unpaired) electrons. The first-order chi connectivity index (χ1) is 9.83. The molecule has 0 saturated heterocycles. The van der Waals surface area contributed by atoms with Gasteiger partial charge in [0.15, 0.2) is 0 Å². The lowest BCUT2D eigenvalue weighted by Gasteiger charge is -2.11. The molecule has 0 aliphatic heterocycles. The monoisotopic (exact) mass is 325 g/mol. The number of nitrogens with zero attached hydrogens (tertiary/aromatic N) is 1. The predicted octanol–water partition coefficient (Wildman–Crippen LogP) is 2.73. The maximum absolute atomic E-state index is 13.2. The van der Waals surface area contributed by atoms with E-state index in [1.165, 1.54) is 18.2 Å². The zero-order valence-corrected chi connectivity index (χ0v) is 12.0. The zero-order valence-electron chi connectivity index (χ0n) is 10.5. The van der Waals surface area contributed by atoms with Crippen LogP contribution in [0.15, 0.2) is 41.3 Å². The highest BCUT2D eigenvalue weighted by Gasteiger charge is 2.20. The van der Waals surface area contributed by atoms with Crippen LogP contribution in [0.5, 0.6) is 0 Å². The Balaban J connectivity index is 2.50.